The lowest BCUT2D eigenvalue weighted by Crippen LogP contribution is -2.32. The number of hydrogen-bond donors (Lipinski definition) is 0. The lowest BCUT2D eigenvalue weighted by atomic mass is 9.70. The van der Waals surface area contributed by atoms with Crippen molar-refractivity contribution in [2.75, 3.05) is 0 Å². The molecule has 0 unspecified atom stereocenters. The summed E-state index contributed by atoms with van der Waals surface area (Å²) in [6, 6.07) is 9.17. The zero-order valence-electron chi connectivity index (χ0n) is 12.3. The number of Topliss-reactive ketones (excluding diaryl/α,β-unsaturated/α-hetero) is 1. The van der Waals surface area contributed by atoms with Crippen LogP contribution in [-0.2, 0) is 4.79 Å². The van der Waals surface area contributed by atoms with Crippen LogP contribution in [0.4, 0.5) is 0 Å². The number of hydrogen-bond acceptors (Lipinski definition) is 2. The van der Waals surface area contributed by atoms with Crippen molar-refractivity contribution in [1.82, 2.24) is 0 Å². The first kappa shape index (κ1) is 13.3. The standard InChI is InChI=1S/C18H20O2/c1-17(2)14-9-10-18(17,3)16(20)13(14)11-15(19)12-7-5-4-6-8-12/h4-8,11,14H,9-10H2,1-3H3/b13-11+/t14-,18+/m0/s1. The van der Waals surface area contributed by atoms with Crippen LogP contribution in [-0.4, -0.2) is 11.6 Å². The average molecular weight is 268 g/mol. The second-order valence-electron chi connectivity index (χ2n) is 6.80. The summed E-state index contributed by atoms with van der Waals surface area (Å²) in [6.45, 7) is 6.38. The maximum absolute atomic E-state index is 12.7. The van der Waals surface area contributed by atoms with Crippen LogP contribution < -0.4 is 0 Å². The lowest BCUT2D eigenvalue weighted by molar-refractivity contribution is -0.125. The molecular formula is C18H20O2. The molecule has 1 aromatic rings. The van der Waals surface area contributed by atoms with Gasteiger partial charge in [0, 0.05) is 16.6 Å². The third-order valence-electron chi connectivity index (χ3n) is 5.71. The Kier molecular flexibility index (Phi) is 2.75. The minimum absolute atomic E-state index is 0.0348. The molecule has 0 saturated heterocycles. The molecule has 20 heavy (non-hydrogen) atoms. The molecule has 104 valence electrons. The van der Waals surface area contributed by atoms with E-state index < -0.39 is 0 Å². The fourth-order valence-electron chi connectivity index (χ4n) is 3.92. The summed E-state index contributed by atoms with van der Waals surface area (Å²) in [5.41, 5.74) is 1.07. The Labute approximate surface area is 119 Å². The van der Waals surface area contributed by atoms with Crippen LogP contribution in [0.3, 0.4) is 0 Å². The maximum atomic E-state index is 12.7. The molecule has 2 aliphatic rings. The minimum Gasteiger partial charge on any atom is -0.294 e. The Morgan fingerprint density at radius 1 is 1.20 bits per heavy atom. The van der Waals surface area contributed by atoms with Crippen molar-refractivity contribution in [3.05, 3.63) is 47.5 Å². The van der Waals surface area contributed by atoms with Gasteiger partial charge in [-0.1, -0.05) is 51.1 Å². The Balaban J connectivity index is 1.99. The first-order valence-electron chi connectivity index (χ1n) is 7.24. The molecule has 3 rings (SSSR count). The summed E-state index contributed by atoms with van der Waals surface area (Å²) < 4.78 is 0. The molecule has 0 radical (unpaired) electrons. The molecule has 0 spiro atoms. The number of fused-ring (bicyclic) bond motifs is 2. The molecular weight excluding hydrogens is 248 g/mol. The zero-order chi connectivity index (χ0) is 14.5. The van der Waals surface area contributed by atoms with Crippen LogP contribution in [0.1, 0.15) is 44.0 Å². The maximum Gasteiger partial charge on any atom is 0.186 e. The largest absolute Gasteiger partial charge is 0.294 e. The molecule has 0 aliphatic heterocycles. The van der Waals surface area contributed by atoms with E-state index in [1.807, 2.05) is 18.2 Å². The second kappa shape index (κ2) is 4.15. The molecule has 0 amide bonds. The van der Waals surface area contributed by atoms with Gasteiger partial charge in [-0.25, -0.2) is 0 Å². The van der Waals surface area contributed by atoms with Crippen molar-refractivity contribution in [2.45, 2.75) is 33.6 Å². The summed E-state index contributed by atoms with van der Waals surface area (Å²) in [4.78, 5) is 25.0. The van der Waals surface area contributed by atoms with Gasteiger partial charge in [0.2, 0.25) is 0 Å². The Bertz CT molecular complexity index is 610. The monoisotopic (exact) mass is 268 g/mol. The van der Waals surface area contributed by atoms with Gasteiger partial charge in [0.15, 0.2) is 11.6 Å². The highest BCUT2D eigenvalue weighted by atomic mass is 16.1. The molecule has 2 nitrogen and oxygen atoms in total. The predicted octanol–water partition coefficient (Wildman–Crippen LogP) is 3.82. The van der Waals surface area contributed by atoms with Crippen molar-refractivity contribution in [3.63, 3.8) is 0 Å². The summed E-state index contributed by atoms with van der Waals surface area (Å²) in [5.74, 6) is 0.358. The van der Waals surface area contributed by atoms with Crippen LogP contribution in [0.25, 0.3) is 0 Å². The fraction of sp³-hybridized carbons (Fsp3) is 0.444. The molecule has 2 atom stereocenters. The summed E-state index contributed by atoms with van der Waals surface area (Å²) >= 11 is 0. The van der Waals surface area contributed by atoms with E-state index in [9.17, 15) is 9.59 Å². The quantitative estimate of drug-likeness (QED) is 0.603. The molecule has 2 heteroatoms. The molecule has 1 aromatic carbocycles. The van der Waals surface area contributed by atoms with E-state index >= 15 is 0 Å². The molecule has 2 saturated carbocycles. The summed E-state index contributed by atoms with van der Waals surface area (Å²) in [5, 5.41) is 0. The number of benzene rings is 1. The second-order valence-corrected chi connectivity index (χ2v) is 6.80. The third-order valence-corrected chi connectivity index (χ3v) is 5.71. The predicted molar refractivity (Wildman–Crippen MR) is 78.5 cm³/mol. The number of ketones is 2. The van der Waals surface area contributed by atoms with Gasteiger partial charge < -0.3 is 0 Å². The van der Waals surface area contributed by atoms with E-state index in [2.05, 4.69) is 20.8 Å². The Morgan fingerprint density at radius 3 is 2.40 bits per heavy atom. The topological polar surface area (TPSA) is 34.1 Å². The van der Waals surface area contributed by atoms with Gasteiger partial charge in [0.1, 0.15) is 0 Å². The van der Waals surface area contributed by atoms with Crippen LogP contribution in [0, 0.1) is 16.7 Å². The van der Waals surface area contributed by atoms with E-state index in [0.29, 0.717) is 5.56 Å². The van der Waals surface area contributed by atoms with Gasteiger partial charge >= 0.3 is 0 Å². The Morgan fingerprint density at radius 2 is 1.85 bits per heavy atom. The SMILES string of the molecule is CC1(C)[C@H]2CC[C@]1(C)C(=O)/C2=C/C(=O)c1ccccc1. The molecule has 0 aromatic heterocycles. The van der Waals surface area contributed by atoms with Crippen LogP contribution >= 0.6 is 0 Å². The number of allylic oxidation sites excluding steroid dienone is 2. The van der Waals surface area contributed by atoms with Gasteiger partial charge in [-0.05, 0) is 30.3 Å². The molecule has 2 fully saturated rings. The van der Waals surface area contributed by atoms with E-state index in [4.69, 9.17) is 0 Å². The van der Waals surface area contributed by atoms with Gasteiger partial charge in [-0.2, -0.15) is 0 Å². The third kappa shape index (κ3) is 1.57. The van der Waals surface area contributed by atoms with Crippen molar-refractivity contribution < 1.29 is 9.59 Å². The van der Waals surface area contributed by atoms with E-state index in [1.165, 1.54) is 0 Å². The average Bonchev–Trinajstić information content (AvgIpc) is 2.74. The highest BCUT2D eigenvalue weighted by Crippen LogP contribution is 2.65. The van der Waals surface area contributed by atoms with E-state index in [-0.39, 0.29) is 28.3 Å². The fourth-order valence-corrected chi connectivity index (χ4v) is 3.92. The van der Waals surface area contributed by atoms with Crippen molar-refractivity contribution in [3.8, 4) is 0 Å². The normalized spacial score (nSPS) is 32.9. The summed E-state index contributed by atoms with van der Waals surface area (Å²) in [7, 11) is 0. The lowest BCUT2D eigenvalue weighted by Gasteiger charge is -2.31. The van der Waals surface area contributed by atoms with E-state index in [0.717, 1.165) is 18.4 Å². The van der Waals surface area contributed by atoms with Gasteiger partial charge in [0.25, 0.3) is 0 Å². The molecule has 2 bridgehead atoms. The van der Waals surface area contributed by atoms with Crippen LogP contribution in [0.15, 0.2) is 42.0 Å². The molecule has 2 aliphatic carbocycles. The van der Waals surface area contributed by atoms with E-state index in [1.54, 1.807) is 18.2 Å². The van der Waals surface area contributed by atoms with Crippen molar-refractivity contribution in [2.24, 2.45) is 16.7 Å². The number of carbonyl (C=O) groups excluding carboxylic acids is 2. The Hall–Kier alpha value is -1.70. The van der Waals surface area contributed by atoms with Gasteiger partial charge in [-0.15, -0.1) is 0 Å². The van der Waals surface area contributed by atoms with Crippen molar-refractivity contribution in [1.29, 1.82) is 0 Å². The zero-order valence-corrected chi connectivity index (χ0v) is 12.3. The smallest absolute Gasteiger partial charge is 0.186 e. The van der Waals surface area contributed by atoms with Crippen LogP contribution in [0.5, 0.6) is 0 Å². The first-order valence-corrected chi connectivity index (χ1v) is 7.24. The number of carbonyl (C=O) groups is 2. The van der Waals surface area contributed by atoms with Crippen molar-refractivity contribution >= 4 is 11.6 Å². The highest BCUT2D eigenvalue weighted by Gasteiger charge is 2.63. The minimum atomic E-state index is -0.291. The van der Waals surface area contributed by atoms with Gasteiger partial charge in [-0.3, -0.25) is 9.59 Å². The van der Waals surface area contributed by atoms with Crippen LogP contribution in [0.2, 0.25) is 0 Å². The number of rotatable bonds is 2. The first-order chi connectivity index (χ1) is 9.38. The molecule has 0 heterocycles. The summed E-state index contributed by atoms with van der Waals surface area (Å²) in [6.07, 6.45) is 3.55. The molecule has 0 N–H and O–H groups in total. The highest BCUT2D eigenvalue weighted by molar-refractivity contribution is 6.13. The van der Waals surface area contributed by atoms with Gasteiger partial charge in [0.05, 0.1) is 0 Å².